The number of nitrogen functional groups attached to an aromatic ring is 1. The van der Waals surface area contributed by atoms with Crippen LogP contribution in [-0.2, 0) is 4.79 Å². The zero-order valence-corrected chi connectivity index (χ0v) is 10.9. The van der Waals surface area contributed by atoms with E-state index in [1.54, 1.807) is 0 Å². The Bertz CT molecular complexity index is 431. The molecule has 1 amide bonds. The number of hydrogen-bond acceptors (Lipinski definition) is 2. The van der Waals surface area contributed by atoms with Gasteiger partial charge in [-0.2, -0.15) is 0 Å². The summed E-state index contributed by atoms with van der Waals surface area (Å²) < 4.78 is 0. The molecule has 1 rings (SSSR count). The fourth-order valence-electron chi connectivity index (χ4n) is 1.78. The van der Waals surface area contributed by atoms with Crippen LogP contribution in [0.2, 0.25) is 0 Å². The predicted molar refractivity (Wildman–Crippen MR) is 74.9 cm³/mol. The van der Waals surface area contributed by atoms with Crippen LogP contribution in [0.3, 0.4) is 0 Å². The Kier molecular flexibility index (Phi) is 5.26. The fraction of sp³-hybridized carbons (Fsp3) is 0.400. The third kappa shape index (κ3) is 4.50. The summed E-state index contributed by atoms with van der Waals surface area (Å²) in [6.45, 7) is 3.93. The van der Waals surface area contributed by atoms with Gasteiger partial charge in [0.2, 0.25) is 5.91 Å². The van der Waals surface area contributed by atoms with Gasteiger partial charge in [0.1, 0.15) is 0 Å². The highest BCUT2D eigenvalue weighted by atomic mass is 16.1. The van der Waals surface area contributed by atoms with Gasteiger partial charge in [-0.15, -0.1) is 12.3 Å². The first kappa shape index (κ1) is 14.1. The number of amides is 1. The van der Waals surface area contributed by atoms with E-state index in [2.05, 4.69) is 11.2 Å². The number of carbonyl (C=O) groups is 1. The van der Waals surface area contributed by atoms with Gasteiger partial charge in [-0.1, -0.05) is 19.1 Å². The van der Waals surface area contributed by atoms with Crippen LogP contribution in [0.5, 0.6) is 0 Å². The van der Waals surface area contributed by atoms with Gasteiger partial charge in [-0.05, 0) is 30.5 Å². The summed E-state index contributed by atoms with van der Waals surface area (Å²) in [6, 6.07) is 7.65. The quantitative estimate of drug-likeness (QED) is 0.617. The van der Waals surface area contributed by atoms with E-state index in [9.17, 15) is 4.79 Å². The SMILES string of the molecule is C#CCC(C)NC(=O)CC(C)c1ccc(N)cc1. The number of carbonyl (C=O) groups excluding carboxylic acids is 1. The summed E-state index contributed by atoms with van der Waals surface area (Å²) in [7, 11) is 0. The lowest BCUT2D eigenvalue weighted by atomic mass is 9.97. The molecule has 96 valence electrons. The van der Waals surface area contributed by atoms with Crippen LogP contribution < -0.4 is 11.1 Å². The maximum Gasteiger partial charge on any atom is 0.220 e. The molecular weight excluding hydrogens is 224 g/mol. The summed E-state index contributed by atoms with van der Waals surface area (Å²) in [5, 5.41) is 2.89. The maximum atomic E-state index is 11.8. The number of hydrogen-bond donors (Lipinski definition) is 2. The third-order valence-corrected chi connectivity index (χ3v) is 2.83. The van der Waals surface area contributed by atoms with Crippen molar-refractivity contribution in [3.05, 3.63) is 29.8 Å². The summed E-state index contributed by atoms with van der Waals surface area (Å²) in [5.41, 5.74) is 7.48. The fourth-order valence-corrected chi connectivity index (χ4v) is 1.78. The molecule has 0 spiro atoms. The molecule has 0 fully saturated rings. The second-order valence-corrected chi connectivity index (χ2v) is 4.65. The molecule has 3 heteroatoms. The molecule has 3 nitrogen and oxygen atoms in total. The van der Waals surface area contributed by atoms with Crippen molar-refractivity contribution in [3.8, 4) is 12.3 Å². The van der Waals surface area contributed by atoms with Crippen LogP contribution in [0.4, 0.5) is 5.69 Å². The van der Waals surface area contributed by atoms with Crippen molar-refractivity contribution in [3.63, 3.8) is 0 Å². The first-order valence-corrected chi connectivity index (χ1v) is 6.11. The Hall–Kier alpha value is -1.95. The zero-order valence-electron chi connectivity index (χ0n) is 10.9. The van der Waals surface area contributed by atoms with Crippen molar-refractivity contribution in [1.29, 1.82) is 0 Å². The second-order valence-electron chi connectivity index (χ2n) is 4.65. The van der Waals surface area contributed by atoms with E-state index in [0.717, 1.165) is 11.3 Å². The van der Waals surface area contributed by atoms with Crippen molar-refractivity contribution in [2.24, 2.45) is 0 Å². The molecule has 0 aliphatic heterocycles. The first-order chi connectivity index (χ1) is 8.52. The maximum absolute atomic E-state index is 11.8. The van der Waals surface area contributed by atoms with Crippen molar-refractivity contribution in [1.82, 2.24) is 5.32 Å². The molecule has 0 radical (unpaired) electrons. The molecule has 0 bridgehead atoms. The van der Waals surface area contributed by atoms with E-state index in [0.29, 0.717) is 12.8 Å². The van der Waals surface area contributed by atoms with Gasteiger partial charge < -0.3 is 11.1 Å². The number of nitrogens with two attached hydrogens (primary N) is 1. The zero-order chi connectivity index (χ0) is 13.5. The van der Waals surface area contributed by atoms with Crippen LogP contribution >= 0.6 is 0 Å². The Morgan fingerprint density at radius 1 is 1.39 bits per heavy atom. The lowest BCUT2D eigenvalue weighted by molar-refractivity contribution is -0.121. The number of nitrogens with one attached hydrogen (secondary N) is 1. The molecule has 2 atom stereocenters. The average Bonchev–Trinajstić information content (AvgIpc) is 2.29. The first-order valence-electron chi connectivity index (χ1n) is 6.11. The minimum Gasteiger partial charge on any atom is -0.399 e. The predicted octanol–water partition coefficient (Wildman–Crippen LogP) is 2.29. The molecule has 3 N–H and O–H groups in total. The highest BCUT2D eigenvalue weighted by Gasteiger charge is 2.12. The van der Waals surface area contributed by atoms with Gasteiger partial charge >= 0.3 is 0 Å². The normalized spacial score (nSPS) is 13.4. The van der Waals surface area contributed by atoms with E-state index < -0.39 is 0 Å². The molecule has 1 aromatic rings. The molecule has 1 aromatic carbocycles. The van der Waals surface area contributed by atoms with Crippen molar-refractivity contribution in [2.75, 3.05) is 5.73 Å². The monoisotopic (exact) mass is 244 g/mol. The summed E-state index contributed by atoms with van der Waals surface area (Å²) in [6.07, 6.45) is 6.21. The van der Waals surface area contributed by atoms with Crippen molar-refractivity contribution < 1.29 is 4.79 Å². The minimum absolute atomic E-state index is 0.0288. The molecule has 2 unspecified atom stereocenters. The second kappa shape index (κ2) is 6.70. The van der Waals surface area contributed by atoms with Crippen LogP contribution in [0, 0.1) is 12.3 Å². The van der Waals surface area contributed by atoms with Gasteiger partial charge in [-0.3, -0.25) is 4.79 Å². The van der Waals surface area contributed by atoms with E-state index in [-0.39, 0.29) is 17.9 Å². The number of rotatable bonds is 5. The number of anilines is 1. The van der Waals surface area contributed by atoms with E-state index in [1.807, 2.05) is 38.1 Å². The van der Waals surface area contributed by atoms with Crippen molar-refractivity contribution in [2.45, 2.75) is 38.6 Å². The number of benzene rings is 1. The molecule has 0 saturated heterocycles. The van der Waals surface area contributed by atoms with Crippen molar-refractivity contribution >= 4 is 11.6 Å². The Labute approximate surface area is 109 Å². The summed E-state index contributed by atoms with van der Waals surface area (Å²) >= 11 is 0. The Morgan fingerprint density at radius 3 is 2.56 bits per heavy atom. The average molecular weight is 244 g/mol. The molecule has 0 heterocycles. The summed E-state index contributed by atoms with van der Waals surface area (Å²) in [5.74, 6) is 2.74. The largest absolute Gasteiger partial charge is 0.399 e. The summed E-state index contributed by atoms with van der Waals surface area (Å²) in [4.78, 5) is 11.8. The molecule has 0 aliphatic rings. The van der Waals surface area contributed by atoms with Gasteiger partial charge in [0.05, 0.1) is 0 Å². The molecule has 0 saturated carbocycles. The van der Waals surface area contributed by atoms with E-state index >= 15 is 0 Å². The van der Waals surface area contributed by atoms with E-state index in [1.165, 1.54) is 0 Å². The highest BCUT2D eigenvalue weighted by molar-refractivity contribution is 5.77. The molecule has 18 heavy (non-hydrogen) atoms. The lowest BCUT2D eigenvalue weighted by Crippen LogP contribution is -2.32. The smallest absolute Gasteiger partial charge is 0.220 e. The molecule has 0 aromatic heterocycles. The van der Waals surface area contributed by atoms with Crippen LogP contribution in [0.25, 0.3) is 0 Å². The standard InChI is InChI=1S/C15H20N2O/c1-4-5-12(3)17-15(18)10-11(2)13-6-8-14(16)9-7-13/h1,6-9,11-12H,5,10,16H2,2-3H3,(H,17,18). The van der Waals surface area contributed by atoms with Crippen LogP contribution in [-0.4, -0.2) is 11.9 Å². The molecular formula is C15H20N2O. The van der Waals surface area contributed by atoms with Gasteiger partial charge in [0.15, 0.2) is 0 Å². The lowest BCUT2D eigenvalue weighted by Gasteiger charge is -2.15. The van der Waals surface area contributed by atoms with Crippen LogP contribution in [0.1, 0.15) is 38.2 Å². The number of terminal acetylenes is 1. The highest BCUT2D eigenvalue weighted by Crippen LogP contribution is 2.19. The Balaban J connectivity index is 2.49. The topological polar surface area (TPSA) is 55.1 Å². The third-order valence-electron chi connectivity index (χ3n) is 2.83. The minimum atomic E-state index is 0.0288. The van der Waals surface area contributed by atoms with Gasteiger partial charge in [-0.25, -0.2) is 0 Å². The Morgan fingerprint density at radius 2 is 2.00 bits per heavy atom. The van der Waals surface area contributed by atoms with E-state index in [4.69, 9.17) is 12.2 Å². The van der Waals surface area contributed by atoms with Gasteiger partial charge in [0, 0.05) is 24.6 Å². The molecule has 0 aliphatic carbocycles. The van der Waals surface area contributed by atoms with Crippen LogP contribution in [0.15, 0.2) is 24.3 Å². The van der Waals surface area contributed by atoms with Gasteiger partial charge in [0.25, 0.3) is 0 Å².